The molecule has 7 nitrogen and oxygen atoms in total. The number of phenols is 1. The van der Waals surface area contributed by atoms with Crippen molar-refractivity contribution in [2.75, 3.05) is 0 Å². The number of aromatic hydroxyl groups is 1. The molecule has 0 fully saturated rings. The molecular weight excluding hydrogens is 228 g/mol. The number of nitro groups is 2. The van der Waals surface area contributed by atoms with Gasteiger partial charge >= 0.3 is 5.69 Å². The summed E-state index contributed by atoms with van der Waals surface area (Å²) >= 11 is 5.38. The van der Waals surface area contributed by atoms with Crippen LogP contribution in [0.4, 0.5) is 11.4 Å². The zero-order valence-corrected chi connectivity index (χ0v) is 7.97. The van der Waals surface area contributed by atoms with Gasteiger partial charge in [-0.2, -0.15) is 0 Å². The molecule has 0 aliphatic carbocycles. The van der Waals surface area contributed by atoms with Gasteiger partial charge in [0.25, 0.3) is 5.69 Å². The molecule has 0 spiro atoms. The molecule has 0 heterocycles. The number of rotatable bonds is 3. The van der Waals surface area contributed by atoms with E-state index in [9.17, 15) is 25.3 Å². The summed E-state index contributed by atoms with van der Waals surface area (Å²) in [5.74, 6) is -0.880. The minimum absolute atomic E-state index is 0.0439. The second-order valence-corrected chi connectivity index (χ2v) is 2.89. The van der Waals surface area contributed by atoms with Crippen molar-refractivity contribution in [2.45, 2.75) is 5.88 Å². The lowest BCUT2D eigenvalue weighted by atomic mass is 10.1. The number of halogens is 1. The number of hydrogen-bond acceptors (Lipinski definition) is 5. The molecule has 0 saturated heterocycles. The number of hydrogen-bond donors (Lipinski definition) is 1. The van der Waals surface area contributed by atoms with E-state index in [0.717, 1.165) is 6.07 Å². The van der Waals surface area contributed by atoms with Crippen LogP contribution in [0.25, 0.3) is 0 Å². The summed E-state index contributed by atoms with van der Waals surface area (Å²) < 4.78 is 0. The molecule has 1 N–H and O–H groups in total. The Hall–Kier alpha value is -1.89. The first-order chi connectivity index (χ1) is 6.97. The fourth-order valence-electron chi connectivity index (χ4n) is 1.01. The van der Waals surface area contributed by atoms with E-state index in [1.165, 1.54) is 0 Å². The van der Waals surface area contributed by atoms with Gasteiger partial charge in [-0.1, -0.05) is 0 Å². The maximum Gasteiger partial charge on any atom is 0.317 e. The highest BCUT2D eigenvalue weighted by Crippen LogP contribution is 2.34. The predicted molar refractivity (Wildman–Crippen MR) is 51.0 cm³/mol. The molecule has 1 rings (SSSR count). The zero-order valence-electron chi connectivity index (χ0n) is 7.21. The van der Waals surface area contributed by atoms with E-state index in [1.54, 1.807) is 0 Å². The fraction of sp³-hybridized carbons (Fsp3) is 0.143. The van der Waals surface area contributed by atoms with E-state index >= 15 is 0 Å². The van der Waals surface area contributed by atoms with Crippen molar-refractivity contribution in [3.8, 4) is 5.75 Å². The van der Waals surface area contributed by atoms with Gasteiger partial charge in [0.1, 0.15) is 0 Å². The summed E-state index contributed by atoms with van der Waals surface area (Å²) in [6, 6.07) is 1.68. The van der Waals surface area contributed by atoms with Gasteiger partial charge in [-0.25, -0.2) is 0 Å². The summed E-state index contributed by atoms with van der Waals surface area (Å²) in [4.78, 5) is 19.2. The second kappa shape index (κ2) is 4.09. The minimum Gasteiger partial charge on any atom is -0.502 e. The van der Waals surface area contributed by atoms with Gasteiger partial charge in [-0.3, -0.25) is 20.2 Å². The third-order valence-corrected chi connectivity index (χ3v) is 1.99. The lowest BCUT2D eigenvalue weighted by molar-refractivity contribution is -0.394. The van der Waals surface area contributed by atoms with Gasteiger partial charge in [0.15, 0.2) is 5.75 Å². The first kappa shape index (κ1) is 11.2. The van der Waals surface area contributed by atoms with Crippen LogP contribution in [-0.2, 0) is 5.88 Å². The first-order valence-corrected chi connectivity index (χ1v) is 4.21. The molecule has 80 valence electrons. The van der Waals surface area contributed by atoms with Crippen LogP contribution in [0.2, 0.25) is 0 Å². The fourth-order valence-corrected chi connectivity index (χ4v) is 1.21. The smallest absolute Gasteiger partial charge is 0.317 e. The minimum atomic E-state index is -0.904. The molecule has 0 amide bonds. The number of phenolic OH excluding ortho intramolecular Hbond substituents is 1. The normalized spacial score (nSPS) is 9.93. The molecule has 0 atom stereocenters. The highest BCUT2D eigenvalue weighted by Gasteiger charge is 2.22. The number of non-ortho nitro benzene ring substituents is 1. The standard InChI is InChI=1S/C7H5ClN2O5/c8-3-4-1-5(9(12)13)2-6(7(4)11)10(14)15/h1-2,11H,3H2. The predicted octanol–water partition coefficient (Wildman–Crippen LogP) is 1.95. The van der Waals surface area contributed by atoms with Crippen LogP contribution in [-0.4, -0.2) is 15.0 Å². The molecule has 0 aromatic heterocycles. The van der Waals surface area contributed by atoms with Crippen molar-refractivity contribution in [1.29, 1.82) is 0 Å². The summed E-state index contributed by atoms with van der Waals surface area (Å²) in [5.41, 5.74) is -1.24. The molecule has 0 bridgehead atoms. The second-order valence-electron chi connectivity index (χ2n) is 2.62. The van der Waals surface area contributed by atoms with Crippen LogP contribution in [0.5, 0.6) is 5.75 Å². The van der Waals surface area contributed by atoms with Gasteiger partial charge in [0, 0.05) is 11.6 Å². The summed E-state index contributed by atoms with van der Waals surface area (Å²) in [6.45, 7) is 0. The van der Waals surface area contributed by atoms with Crippen molar-refractivity contribution < 1.29 is 15.0 Å². The van der Waals surface area contributed by atoms with Crippen LogP contribution in [0.3, 0.4) is 0 Å². The monoisotopic (exact) mass is 232 g/mol. The Balaban J connectivity index is 3.45. The molecule has 1 aromatic carbocycles. The largest absolute Gasteiger partial charge is 0.502 e. The van der Waals surface area contributed by atoms with Crippen molar-refractivity contribution in [3.05, 3.63) is 37.9 Å². The number of nitro benzene ring substituents is 2. The lowest BCUT2D eigenvalue weighted by Crippen LogP contribution is -1.95. The third kappa shape index (κ3) is 2.13. The molecule has 0 saturated carbocycles. The van der Waals surface area contributed by atoms with Gasteiger partial charge in [-0.15, -0.1) is 11.6 Å². The Bertz CT molecular complexity index is 434. The molecule has 0 radical (unpaired) electrons. The van der Waals surface area contributed by atoms with Crippen molar-refractivity contribution in [2.24, 2.45) is 0 Å². The topological polar surface area (TPSA) is 107 Å². The van der Waals surface area contributed by atoms with Gasteiger partial charge < -0.3 is 5.11 Å². The van der Waals surface area contributed by atoms with Gasteiger partial charge in [0.05, 0.1) is 21.8 Å². The molecule has 0 unspecified atom stereocenters. The van der Waals surface area contributed by atoms with Crippen LogP contribution < -0.4 is 0 Å². The van der Waals surface area contributed by atoms with E-state index in [0.29, 0.717) is 6.07 Å². The van der Waals surface area contributed by atoms with E-state index in [4.69, 9.17) is 11.6 Å². The summed E-state index contributed by atoms with van der Waals surface area (Å²) in [6.07, 6.45) is 0. The van der Waals surface area contributed by atoms with Crippen LogP contribution in [0, 0.1) is 20.2 Å². The highest BCUT2D eigenvalue weighted by atomic mass is 35.5. The quantitative estimate of drug-likeness (QED) is 0.487. The Morgan fingerprint density at radius 1 is 1.27 bits per heavy atom. The van der Waals surface area contributed by atoms with E-state index < -0.39 is 27.0 Å². The maximum absolute atomic E-state index is 10.4. The third-order valence-electron chi connectivity index (χ3n) is 1.70. The molecule has 1 aromatic rings. The van der Waals surface area contributed by atoms with Crippen LogP contribution >= 0.6 is 11.6 Å². The molecule has 15 heavy (non-hydrogen) atoms. The van der Waals surface area contributed by atoms with Crippen LogP contribution in [0.1, 0.15) is 5.56 Å². The average Bonchev–Trinajstić information content (AvgIpc) is 2.17. The Kier molecular flexibility index (Phi) is 3.05. The van der Waals surface area contributed by atoms with E-state index in [2.05, 4.69) is 0 Å². The van der Waals surface area contributed by atoms with E-state index in [-0.39, 0.29) is 11.4 Å². The lowest BCUT2D eigenvalue weighted by Gasteiger charge is -2.01. The molecule has 0 aliphatic rings. The molecule has 0 aliphatic heterocycles. The maximum atomic E-state index is 10.4. The van der Waals surface area contributed by atoms with E-state index in [1.807, 2.05) is 0 Å². The van der Waals surface area contributed by atoms with Crippen molar-refractivity contribution in [1.82, 2.24) is 0 Å². The van der Waals surface area contributed by atoms with Crippen LogP contribution in [0.15, 0.2) is 12.1 Å². The zero-order chi connectivity index (χ0) is 11.6. The first-order valence-electron chi connectivity index (χ1n) is 3.68. The SMILES string of the molecule is O=[N+]([O-])c1cc(CCl)c(O)c([N+](=O)[O-])c1. The average molecular weight is 233 g/mol. The number of benzene rings is 1. The van der Waals surface area contributed by atoms with Crippen molar-refractivity contribution in [3.63, 3.8) is 0 Å². The molecule has 8 heteroatoms. The van der Waals surface area contributed by atoms with Gasteiger partial charge in [-0.05, 0) is 0 Å². The highest BCUT2D eigenvalue weighted by molar-refractivity contribution is 6.17. The Morgan fingerprint density at radius 3 is 2.27 bits per heavy atom. The molecular formula is C7H5ClN2O5. The van der Waals surface area contributed by atoms with Gasteiger partial charge in [0.2, 0.25) is 0 Å². The van der Waals surface area contributed by atoms with Crippen molar-refractivity contribution >= 4 is 23.0 Å². The number of nitrogens with zero attached hydrogens (tertiary/aromatic N) is 2. The summed E-state index contributed by atoms with van der Waals surface area (Å²) in [7, 11) is 0. The number of alkyl halides is 1. The Labute approximate surface area is 88.2 Å². The Morgan fingerprint density at radius 2 is 1.87 bits per heavy atom. The summed E-state index contributed by atoms with van der Waals surface area (Å²) in [5, 5.41) is 30.2.